The molecule has 0 aliphatic rings. The lowest BCUT2D eigenvalue weighted by atomic mass is 10.1. The average molecular weight is 335 g/mol. The fourth-order valence-corrected chi connectivity index (χ4v) is 2.12. The van der Waals surface area contributed by atoms with Gasteiger partial charge < -0.3 is 20.3 Å². The van der Waals surface area contributed by atoms with Crippen molar-refractivity contribution in [1.29, 1.82) is 0 Å². The largest absolute Gasteiger partial charge is 0.493 e. The Morgan fingerprint density at radius 1 is 1.21 bits per heavy atom. The highest BCUT2D eigenvalue weighted by atomic mass is 16.5. The Morgan fingerprint density at radius 3 is 2.42 bits per heavy atom. The zero-order valence-corrected chi connectivity index (χ0v) is 16.1. The summed E-state index contributed by atoms with van der Waals surface area (Å²) in [6, 6.07) is 8.45. The number of aliphatic imine (C=N–C) groups is 1. The summed E-state index contributed by atoms with van der Waals surface area (Å²) in [5, 5.41) is 6.78. The first-order valence-electron chi connectivity index (χ1n) is 8.84. The third-order valence-corrected chi connectivity index (χ3v) is 3.87. The molecule has 0 radical (unpaired) electrons. The van der Waals surface area contributed by atoms with Crippen molar-refractivity contribution in [2.45, 2.75) is 33.7 Å². The van der Waals surface area contributed by atoms with Crippen LogP contribution in [-0.4, -0.2) is 51.2 Å². The molecule has 0 aliphatic heterocycles. The van der Waals surface area contributed by atoms with E-state index in [1.165, 1.54) is 5.56 Å². The normalized spacial score (nSPS) is 13.2. The summed E-state index contributed by atoms with van der Waals surface area (Å²) in [4.78, 5) is 6.56. The summed E-state index contributed by atoms with van der Waals surface area (Å²) in [6.07, 6.45) is 0. The maximum atomic E-state index is 5.73. The number of ether oxygens (including phenoxy) is 1. The summed E-state index contributed by atoms with van der Waals surface area (Å²) in [5.41, 5.74) is 1.21. The number of nitrogens with zero attached hydrogens (tertiary/aromatic N) is 2. The first-order chi connectivity index (χ1) is 11.5. The third-order valence-electron chi connectivity index (χ3n) is 3.87. The number of guanidine groups is 1. The van der Waals surface area contributed by atoms with Crippen LogP contribution in [0.25, 0.3) is 0 Å². The number of benzene rings is 1. The lowest BCUT2D eigenvalue weighted by Crippen LogP contribution is -2.41. The highest BCUT2D eigenvalue weighted by Crippen LogP contribution is 2.18. The molecule has 0 saturated heterocycles. The predicted molar refractivity (Wildman–Crippen MR) is 103 cm³/mol. The maximum absolute atomic E-state index is 5.73. The van der Waals surface area contributed by atoms with Crippen molar-refractivity contribution in [1.82, 2.24) is 15.5 Å². The van der Waals surface area contributed by atoms with Gasteiger partial charge in [0, 0.05) is 20.1 Å². The first kappa shape index (κ1) is 20.3. The molecule has 1 aromatic carbocycles. The summed E-state index contributed by atoms with van der Waals surface area (Å²) >= 11 is 0. The molecule has 1 aromatic rings. The molecule has 0 fully saturated rings. The minimum Gasteiger partial charge on any atom is -0.493 e. The quantitative estimate of drug-likeness (QED) is 0.538. The fraction of sp³-hybridized carbons (Fsp3) is 0.632. The number of likely N-dealkylation sites (N-methyl/N-ethyl adjacent to an activating group) is 1. The van der Waals surface area contributed by atoms with Gasteiger partial charge in [-0.3, -0.25) is 4.99 Å². The molecule has 1 unspecified atom stereocenters. The number of hydrogen-bond donors (Lipinski definition) is 2. The van der Waals surface area contributed by atoms with Crippen LogP contribution in [0.3, 0.4) is 0 Å². The van der Waals surface area contributed by atoms with Gasteiger partial charge in [-0.2, -0.15) is 0 Å². The van der Waals surface area contributed by atoms with E-state index in [9.17, 15) is 0 Å². The van der Waals surface area contributed by atoms with Gasteiger partial charge >= 0.3 is 0 Å². The molecule has 0 spiro atoms. The van der Waals surface area contributed by atoms with Gasteiger partial charge in [0.1, 0.15) is 5.75 Å². The van der Waals surface area contributed by atoms with E-state index in [4.69, 9.17) is 4.74 Å². The smallest absolute Gasteiger partial charge is 0.191 e. The molecule has 24 heavy (non-hydrogen) atoms. The van der Waals surface area contributed by atoms with Crippen LogP contribution in [0, 0.1) is 5.92 Å². The second-order valence-corrected chi connectivity index (χ2v) is 6.53. The van der Waals surface area contributed by atoms with Crippen molar-refractivity contribution in [3.8, 4) is 5.75 Å². The highest BCUT2D eigenvalue weighted by molar-refractivity contribution is 5.80. The number of nitrogens with one attached hydrogen (secondary N) is 2. The van der Waals surface area contributed by atoms with Crippen molar-refractivity contribution in [3.63, 3.8) is 0 Å². The molecular formula is C19H34N4O. The van der Waals surface area contributed by atoms with Gasteiger partial charge in [0.15, 0.2) is 5.96 Å². The Labute approximate surface area is 147 Å². The average Bonchev–Trinajstić information content (AvgIpc) is 2.59. The Bertz CT molecular complexity index is 485. The molecule has 1 atom stereocenters. The van der Waals surface area contributed by atoms with Crippen LogP contribution >= 0.6 is 0 Å². The lowest BCUT2D eigenvalue weighted by molar-refractivity contribution is 0.271. The fourth-order valence-electron chi connectivity index (χ4n) is 2.12. The maximum Gasteiger partial charge on any atom is 0.191 e. The summed E-state index contributed by atoms with van der Waals surface area (Å²) in [6.45, 7) is 12.3. The molecule has 0 saturated carbocycles. The Balaban J connectivity index is 2.48. The predicted octanol–water partition coefficient (Wildman–Crippen LogP) is 2.90. The minimum atomic E-state index is 0.180. The Kier molecular flexibility index (Phi) is 9.23. The molecular weight excluding hydrogens is 300 g/mol. The molecule has 5 nitrogen and oxygen atoms in total. The molecule has 0 amide bonds. The van der Waals surface area contributed by atoms with Crippen LogP contribution in [0.5, 0.6) is 5.75 Å². The standard InChI is InChI=1S/C19H34N4O/c1-7-23(6)13-12-21-19(20-5)22-16(4)17-8-10-18(11-9-17)24-14-15(2)3/h8-11,15-16H,7,12-14H2,1-6H3,(H2,20,21,22). The lowest BCUT2D eigenvalue weighted by Gasteiger charge is -2.20. The van der Waals surface area contributed by atoms with Crippen molar-refractivity contribution in [2.24, 2.45) is 10.9 Å². The van der Waals surface area contributed by atoms with Crippen molar-refractivity contribution in [3.05, 3.63) is 29.8 Å². The minimum absolute atomic E-state index is 0.180. The summed E-state index contributed by atoms with van der Waals surface area (Å²) in [5.74, 6) is 2.28. The monoisotopic (exact) mass is 334 g/mol. The zero-order valence-electron chi connectivity index (χ0n) is 16.1. The van der Waals surface area contributed by atoms with Gasteiger partial charge in [0.25, 0.3) is 0 Å². The van der Waals surface area contributed by atoms with Gasteiger partial charge in [-0.1, -0.05) is 32.9 Å². The molecule has 5 heteroatoms. The van der Waals surface area contributed by atoms with E-state index in [1.54, 1.807) is 7.05 Å². The molecule has 0 aliphatic carbocycles. The van der Waals surface area contributed by atoms with E-state index >= 15 is 0 Å². The van der Waals surface area contributed by atoms with Gasteiger partial charge in [-0.05, 0) is 44.1 Å². The molecule has 0 heterocycles. The van der Waals surface area contributed by atoms with E-state index in [0.717, 1.165) is 38.0 Å². The Morgan fingerprint density at radius 2 is 1.88 bits per heavy atom. The highest BCUT2D eigenvalue weighted by Gasteiger charge is 2.08. The van der Waals surface area contributed by atoms with Gasteiger partial charge in [0.05, 0.1) is 12.6 Å². The van der Waals surface area contributed by atoms with Crippen molar-refractivity contribution >= 4 is 5.96 Å². The van der Waals surface area contributed by atoms with Crippen LogP contribution in [0.1, 0.15) is 39.3 Å². The summed E-state index contributed by atoms with van der Waals surface area (Å²) < 4.78 is 5.73. The topological polar surface area (TPSA) is 48.9 Å². The second kappa shape index (κ2) is 10.9. The van der Waals surface area contributed by atoms with Gasteiger partial charge in [-0.15, -0.1) is 0 Å². The molecule has 0 bridgehead atoms. The molecule has 0 aromatic heterocycles. The van der Waals surface area contributed by atoms with Crippen molar-refractivity contribution < 1.29 is 4.74 Å². The molecule has 2 N–H and O–H groups in total. The van der Waals surface area contributed by atoms with E-state index < -0.39 is 0 Å². The van der Waals surface area contributed by atoms with Crippen LogP contribution in [-0.2, 0) is 0 Å². The molecule has 1 rings (SSSR count). The van der Waals surface area contributed by atoms with Crippen LogP contribution in [0.4, 0.5) is 0 Å². The first-order valence-corrected chi connectivity index (χ1v) is 8.84. The number of rotatable bonds is 9. The zero-order chi connectivity index (χ0) is 17.9. The summed E-state index contributed by atoms with van der Waals surface area (Å²) in [7, 11) is 3.91. The van der Waals surface area contributed by atoms with E-state index in [2.05, 4.69) is 67.4 Å². The molecule has 136 valence electrons. The van der Waals surface area contributed by atoms with Crippen LogP contribution in [0.2, 0.25) is 0 Å². The van der Waals surface area contributed by atoms with Crippen LogP contribution < -0.4 is 15.4 Å². The number of hydrogen-bond acceptors (Lipinski definition) is 3. The van der Waals surface area contributed by atoms with Gasteiger partial charge in [-0.25, -0.2) is 0 Å². The van der Waals surface area contributed by atoms with Gasteiger partial charge in [0.2, 0.25) is 0 Å². The van der Waals surface area contributed by atoms with E-state index in [1.807, 2.05) is 12.1 Å². The second-order valence-electron chi connectivity index (χ2n) is 6.53. The third kappa shape index (κ3) is 7.68. The Hall–Kier alpha value is -1.75. The SMILES string of the molecule is CCN(C)CCNC(=NC)NC(C)c1ccc(OCC(C)C)cc1. The van der Waals surface area contributed by atoms with Crippen LogP contribution in [0.15, 0.2) is 29.3 Å². The van der Waals surface area contributed by atoms with Crippen molar-refractivity contribution in [2.75, 3.05) is 40.3 Å². The van der Waals surface area contributed by atoms with E-state index in [-0.39, 0.29) is 6.04 Å². The van der Waals surface area contributed by atoms with E-state index in [0.29, 0.717) is 5.92 Å².